The summed E-state index contributed by atoms with van der Waals surface area (Å²) in [6, 6.07) is 0. The van der Waals surface area contributed by atoms with Gasteiger partial charge >= 0.3 is 11.7 Å². The zero-order valence-corrected chi connectivity index (χ0v) is 12.0. The van der Waals surface area contributed by atoms with Gasteiger partial charge in [-0.05, 0) is 6.42 Å². The number of carboxylic acids is 1. The highest BCUT2D eigenvalue weighted by Crippen LogP contribution is 2.09. The highest BCUT2D eigenvalue weighted by atomic mass is 16.4. The van der Waals surface area contributed by atoms with E-state index in [1.54, 1.807) is 6.92 Å². The summed E-state index contributed by atoms with van der Waals surface area (Å²) in [5.41, 5.74) is -0.414. The van der Waals surface area contributed by atoms with Crippen molar-refractivity contribution in [2.24, 2.45) is 20.0 Å². The Morgan fingerprint density at radius 1 is 1.38 bits per heavy atom. The van der Waals surface area contributed by atoms with Crippen LogP contribution in [0.4, 0.5) is 5.95 Å². The molecular formula is C12H17N5O4. The highest BCUT2D eigenvalue weighted by Gasteiger charge is 2.14. The van der Waals surface area contributed by atoms with Crippen LogP contribution in [-0.2, 0) is 18.9 Å². The van der Waals surface area contributed by atoms with Crippen molar-refractivity contribution in [2.45, 2.75) is 13.3 Å². The molecular weight excluding hydrogens is 278 g/mol. The first-order valence-corrected chi connectivity index (χ1v) is 6.45. The van der Waals surface area contributed by atoms with Gasteiger partial charge in [-0.3, -0.25) is 18.7 Å². The van der Waals surface area contributed by atoms with Crippen LogP contribution in [0.5, 0.6) is 0 Å². The Bertz CT molecular complexity index is 800. The lowest BCUT2D eigenvalue weighted by atomic mass is 10.1. The molecule has 0 radical (unpaired) electrons. The lowest BCUT2D eigenvalue weighted by molar-refractivity contribution is -0.141. The van der Waals surface area contributed by atoms with E-state index in [1.165, 1.54) is 18.7 Å². The van der Waals surface area contributed by atoms with Crippen molar-refractivity contribution < 1.29 is 9.90 Å². The summed E-state index contributed by atoms with van der Waals surface area (Å²) in [6.07, 6.45) is 0.420. The number of anilines is 1. The Labute approximate surface area is 119 Å². The molecule has 2 aromatic heterocycles. The number of hydrogen-bond acceptors (Lipinski definition) is 5. The Morgan fingerprint density at radius 2 is 2.05 bits per heavy atom. The largest absolute Gasteiger partial charge is 0.481 e. The quantitative estimate of drug-likeness (QED) is 0.682. The van der Waals surface area contributed by atoms with Gasteiger partial charge in [0, 0.05) is 20.6 Å². The van der Waals surface area contributed by atoms with E-state index < -0.39 is 23.1 Å². The van der Waals surface area contributed by atoms with Crippen LogP contribution >= 0.6 is 0 Å². The Balaban J connectivity index is 2.26. The molecule has 1 atom stereocenters. The van der Waals surface area contributed by atoms with Gasteiger partial charge in [-0.2, -0.15) is 4.98 Å². The molecule has 0 bridgehead atoms. The molecule has 0 aliphatic carbocycles. The maximum atomic E-state index is 12.0. The third-order valence-corrected chi connectivity index (χ3v) is 3.39. The zero-order valence-electron chi connectivity index (χ0n) is 12.0. The Kier molecular flexibility index (Phi) is 3.83. The molecule has 0 amide bonds. The van der Waals surface area contributed by atoms with Crippen LogP contribution in [0.1, 0.15) is 13.3 Å². The van der Waals surface area contributed by atoms with E-state index in [9.17, 15) is 14.4 Å². The lowest BCUT2D eigenvalue weighted by Gasteiger charge is -2.05. The van der Waals surface area contributed by atoms with Crippen LogP contribution in [-0.4, -0.2) is 36.7 Å². The van der Waals surface area contributed by atoms with E-state index in [0.717, 1.165) is 4.57 Å². The summed E-state index contributed by atoms with van der Waals surface area (Å²) in [7, 11) is 2.92. The van der Waals surface area contributed by atoms with Gasteiger partial charge in [0.2, 0.25) is 5.95 Å². The van der Waals surface area contributed by atoms with E-state index in [1.807, 2.05) is 0 Å². The van der Waals surface area contributed by atoms with Crippen molar-refractivity contribution in [1.82, 2.24) is 19.1 Å². The fraction of sp³-hybridized carbons (Fsp3) is 0.500. The molecule has 3 N–H and O–H groups in total. The molecule has 0 aliphatic rings. The van der Waals surface area contributed by atoms with Gasteiger partial charge in [-0.25, -0.2) is 4.79 Å². The minimum Gasteiger partial charge on any atom is -0.481 e. The van der Waals surface area contributed by atoms with Crippen molar-refractivity contribution in [1.29, 1.82) is 0 Å². The number of imidazole rings is 1. The predicted octanol–water partition coefficient (Wildman–Crippen LogP) is -0.517. The Hall–Kier alpha value is -2.58. The van der Waals surface area contributed by atoms with Crippen molar-refractivity contribution in [3.63, 3.8) is 0 Å². The van der Waals surface area contributed by atoms with Crippen LogP contribution in [0, 0.1) is 5.92 Å². The molecule has 0 spiro atoms. The number of carbonyl (C=O) groups is 1. The number of aromatic amines is 1. The van der Waals surface area contributed by atoms with Gasteiger partial charge in [0.15, 0.2) is 11.2 Å². The average molecular weight is 295 g/mol. The third-order valence-electron chi connectivity index (χ3n) is 3.39. The number of nitrogens with one attached hydrogen (secondary N) is 2. The molecule has 0 aliphatic heterocycles. The van der Waals surface area contributed by atoms with Crippen molar-refractivity contribution in [3.05, 3.63) is 20.8 Å². The molecule has 21 heavy (non-hydrogen) atoms. The van der Waals surface area contributed by atoms with Crippen LogP contribution in [0.25, 0.3) is 11.2 Å². The number of hydrogen-bond donors (Lipinski definition) is 3. The van der Waals surface area contributed by atoms with Gasteiger partial charge < -0.3 is 15.4 Å². The van der Waals surface area contributed by atoms with Gasteiger partial charge in [0.25, 0.3) is 5.56 Å². The summed E-state index contributed by atoms with van der Waals surface area (Å²) in [5, 5.41) is 11.7. The molecule has 0 saturated heterocycles. The normalized spacial score (nSPS) is 12.5. The monoisotopic (exact) mass is 295 g/mol. The number of carboxylic acid groups (broad SMARTS) is 1. The molecule has 0 saturated carbocycles. The minimum absolute atomic E-state index is 0.230. The van der Waals surface area contributed by atoms with Crippen LogP contribution in [0.2, 0.25) is 0 Å². The Morgan fingerprint density at radius 3 is 2.67 bits per heavy atom. The van der Waals surface area contributed by atoms with Crippen molar-refractivity contribution >= 4 is 23.1 Å². The van der Waals surface area contributed by atoms with Crippen molar-refractivity contribution in [2.75, 3.05) is 11.9 Å². The molecule has 0 aromatic carbocycles. The number of aromatic nitrogens is 4. The van der Waals surface area contributed by atoms with Gasteiger partial charge in [-0.1, -0.05) is 6.92 Å². The number of aliphatic carboxylic acids is 1. The first-order valence-electron chi connectivity index (χ1n) is 6.45. The number of fused-ring (bicyclic) bond motifs is 1. The predicted molar refractivity (Wildman–Crippen MR) is 76.5 cm³/mol. The first kappa shape index (κ1) is 14.8. The van der Waals surface area contributed by atoms with Crippen LogP contribution in [0.3, 0.4) is 0 Å². The van der Waals surface area contributed by atoms with Crippen LogP contribution < -0.4 is 16.6 Å². The van der Waals surface area contributed by atoms with Gasteiger partial charge in [0.05, 0.1) is 5.92 Å². The van der Waals surface area contributed by atoms with E-state index >= 15 is 0 Å². The molecule has 114 valence electrons. The summed E-state index contributed by atoms with van der Waals surface area (Å²) in [5.74, 6) is -1.00. The van der Waals surface area contributed by atoms with Gasteiger partial charge in [-0.15, -0.1) is 0 Å². The molecule has 2 heterocycles. The average Bonchev–Trinajstić information content (AvgIpc) is 2.87. The number of H-pyrrole nitrogens is 1. The second-order valence-electron chi connectivity index (χ2n) is 4.94. The SMILES string of the molecule is CC(CCNc1nc2c([nH]1)c(=O)n(C)c(=O)n2C)C(=O)O. The number of rotatable bonds is 5. The maximum Gasteiger partial charge on any atom is 0.332 e. The zero-order chi connectivity index (χ0) is 15.7. The summed E-state index contributed by atoms with van der Waals surface area (Å²) in [4.78, 5) is 41.4. The fourth-order valence-electron chi connectivity index (χ4n) is 1.94. The van der Waals surface area contributed by atoms with Crippen LogP contribution in [0.15, 0.2) is 9.59 Å². The van der Waals surface area contributed by atoms with E-state index in [4.69, 9.17) is 5.11 Å². The topological polar surface area (TPSA) is 122 Å². The summed E-state index contributed by atoms with van der Waals surface area (Å²) in [6.45, 7) is 2.00. The van der Waals surface area contributed by atoms with Crippen molar-refractivity contribution in [3.8, 4) is 0 Å². The molecule has 2 rings (SSSR count). The number of aryl methyl sites for hydroxylation is 1. The second kappa shape index (κ2) is 5.43. The van der Waals surface area contributed by atoms with E-state index in [0.29, 0.717) is 18.9 Å². The van der Waals surface area contributed by atoms with Gasteiger partial charge in [0.1, 0.15) is 0 Å². The first-order chi connectivity index (χ1) is 9.82. The molecule has 0 fully saturated rings. The summed E-state index contributed by atoms with van der Waals surface area (Å²) < 4.78 is 2.27. The van der Waals surface area contributed by atoms with E-state index in [-0.39, 0.29) is 11.2 Å². The molecule has 2 aromatic rings. The number of nitrogens with zero attached hydrogens (tertiary/aromatic N) is 3. The third kappa shape index (κ3) is 2.67. The fourth-order valence-corrected chi connectivity index (χ4v) is 1.94. The summed E-state index contributed by atoms with van der Waals surface area (Å²) >= 11 is 0. The molecule has 1 unspecified atom stereocenters. The lowest BCUT2D eigenvalue weighted by Crippen LogP contribution is -2.36. The maximum absolute atomic E-state index is 12.0. The second-order valence-corrected chi connectivity index (χ2v) is 4.94. The standard InChI is InChI=1S/C12H17N5O4/c1-6(10(19)20)4-5-13-11-14-7-8(15-11)16(2)12(21)17(3)9(7)18/h6H,4-5H2,1-3H3,(H,19,20)(H2,13,14,15). The molecule has 9 heteroatoms. The molecule has 9 nitrogen and oxygen atoms in total. The smallest absolute Gasteiger partial charge is 0.332 e. The van der Waals surface area contributed by atoms with E-state index in [2.05, 4.69) is 15.3 Å². The highest BCUT2D eigenvalue weighted by molar-refractivity contribution is 5.72. The minimum atomic E-state index is -0.863.